The summed E-state index contributed by atoms with van der Waals surface area (Å²) in [5.41, 5.74) is -1.71. The second-order valence-corrected chi connectivity index (χ2v) is 5.35. The molecule has 5 nitrogen and oxygen atoms in total. The number of hydrogen-bond acceptors (Lipinski definition) is 3. The fourth-order valence-electron chi connectivity index (χ4n) is 1.70. The number of carbonyl (C=O) groups excluding carboxylic acids is 1. The first-order valence-electron chi connectivity index (χ1n) is 6.34. The lowest BCUT2D eigenvalue weighted by molar-refractivity contribution is -0.387. The molecule has 0 heterocycles. The number of carbonyl (C=O) groups is 1. The number of nitro benzene ring substituents is 1. The number of benzene rings is 1. The van der Waals surface area contributed by atoms with Gasteiger partial charge in [0.1, 0.15) is 5.82 Å². The summed E-state index contributed by atoms with van der Waals surface area (Å²) in [5, 5.41) is 13.8. The Labute approximate surface area is 129 Å². The number of amides is 1. The van der Waals surface area contributed by atoms with E-state index in [0.29, 0.717) is 31.0 Å². The van der Waals surface area contributed by atoms with Gasteiger partial charge in [-0.15, -0.1) is 0 Å². The third-order valence-electron chi connectivity index (χ3n) is 2.88. The first-order chi connectivity index (χ1) is 9.86. The first kappa shape index (κ1) is 17.5. The Balaban J connectivity index is 2.72. The van der Waals surface area contributed by atoms with Gasteiger partial charge >= 0.3 is 5.69 Å². The van der Waals surface area contributed by atoms with Gasteiger partial charge in [-0.1, -0.05) is 22.9 Å². The molecule has 0 saturated heterocycles. The van der Waals surface area contributed by atoms with Crippen molar-refractivity contribution in [2.24, 2.45) is 5.92 Å². The average molecular weight is 365 g/mol. The van der Waals surface area contributed by atoms with E-state index in [4.69, 9.17) is 0 Å². The highest BCUT2D eigenvalue weighted by atomic mass is 79.9. The minimum absolute atomic E-state index is 0.292. The molecule has 0 saturated carbocycles. The number of nitrogens with zero attached hydrogens (tertiary/aromatic N) is 1. The summed E-state index contributed by atoms with van der Waals surface area (Å²) in [6.07, 6.45) is 1.54. The van der Waals surface area contributed by atoms with Gasteiger partial charge in [0.25, 0.3) is 5.91 Å². The third-order valence-corrected chi connectivity index (χ3v) is 3.99. The lowest BCUT2D eigenvalue weighted by Gasteiger charge is -2.09. The zero-order valence-electron chi connectivity index (χ0n) is 11.4. The molecule has 0 bridgehead atoms. The third kappa shape index (κ3) is 5.04. The van der Waals surface area contributed by atoms with E-state index >= 15 is 0 Å². The largest absolute Gasteiger partial charge is 0.352 e. The SMILES string of the molecule is CC(CBr)CCCNC(=O)c1cc(F)cc([N+](=O)[O-])c1F. The predicted molar refractivity (Wildman–Crippen MR) is 77.5 cm³/mol. The molecule has 0 aromatic heterocycles. The average Bonchev–Trinajstić information content (AvgIpc) is 2.44. The molecule has 1 rings (SSSR count). The molecule has 0 radical (unpaired) electrons. The maximum absolute atomic E-state index is 13.8. The van der Waals surface area contributed by atoms with Crippen molar-refractivity contribution in [3.05, 3.63) is 39.4 Å². The van der Waals surface area contributed by atoms with E-state index in [-0.39, 0.29) is 0 Å². The number of halogens is 3. The van der Waals surface area contributed by atoms with Crippen molar-refractivity contribution in [1.82, 2.24) is 5.32 Å². The van der Waals surface area contributed by atoms with Gasteiger partial charge in [-0.3, -0.25) is 14.9 Å². The van der Waals surface area contributed by atoms with Crippen molar-refractivity contribution < 1.29 is 18.5 Å². The minimum Gasteiger partial charge on any atom is -0.352 e. The second-order valence-electron chi connectivity index (χ2n) is 4.70. The summed E-state index contributed by atoms with van der Waals surface area (Å²) in [6.45, 7) is 2.33. The summed E-state index contributed by atoms with van der Waals surface area (Å²) in [6, 6.07) is 1.10. The molecular weight excluding hydrogens is 350 g/mol. The van der Waals surface area contributed by atoms with Crippen molar-refractivity contribution in [2.45, 2.75) is 19.8 Å². The minimum atomic E-state index is -1.33. The van der Waals surface area contributed by atoms with Crippen LogP contribution in [0.3, 0.4) is 0 Å². The molecule has 0 fully saturated rings. The summed E-state index contributed by atoms with van der Waals surface area (Å²) in [7, 11) is 0. The van der Waals surface area contributed by atoms with Gasteiger partial charge in [-0.05, 0) is 24.8 Å². The lowest BCUT2D eigenvalue weighted by Crippen LogP contribution is -2.26. The van der Waals surface area contributed by atoms with E-state index < -0.39 is 33.7 Å². The molecule has 1 atom stereocenters. The first-order valence-corrected chi connectivity index (χ1v) is 7.46. The van der Waals surface area contributed by atoms with Gasteiger partial charge in [0, 0.05) is 11.9 Å². The van der Waals surface area contributed by atoms with Crippen LogP contribution in [0.15, 0.2) is 12.1 Å². The molecular formula is C13H15BrF2N2O3. The molecule has 0 aliphatic carbocycles. The lowest BCUT2D eigenvalue weighted by atomic mass is 10.1. The van der Waals surface area contributed by atoms with Crippen LogP contribution in [0.4, 0.5) is 14.5 Å². The van der Waals surface area contributed by atoms with Crippen LogP contribution in [0.1, 0.15) is 30.1 Å². The Morgan fingerprint density at radius 3 is 2.71 bits per heavy atom. The normalized spacial score (nSPS) is 12.0. The van der Waals surface area contributed by atoms with E-state index in [1.165, 1.54) is 0 Å². The van der Waals surface area contributed by atoms with Crippen LogP contribution in [-0.2, 0) is 0 Å². The zero-order chi connectivity index (χ0) is 16.0. The van der Waals surface area contributed by atoms with Crippen molar-refractivity contribution in [2.75, 3.05) is 11.9 Å². The van der Waals surface area contributed by atoms with Crippen LogP contribution in [0.5, 0.6) is 0 Å². The van der Waals surface area contributed by atoms with Crippen LogP contribution in [0.2, 0.25) is 0 Å². The topological polar surface area (TPSA) is 72.2 Å². The second kappa shape index (κ2) is 8.02. The molecule has 116 valence electrons. The summed E-state index contributed by atoms with van der Waals surface area (Å²) >= 11 is 3.33. The van der Waals surface area contributed by atoms with E-state index in [2.05, 4.69) is 21.2 Å². The highest BCUT2D eigenvalue weighted by molar-refractivity contribution is 9.09. The molecule has 1 N–H and O–H groups in total. The van der Waals surface area contributed by atoms with Crippen LogP contribution in [0.25, 0.3) is 0 Å². The fraction of sp³-hybridized carbons (Fsp3) is 0.462. The van der Waals surface area contributed by atoms with E-state index in [0.717, 1.165) is 11.8 Å². The zero-order valence-corrected chi connectivity index (χ0v) is 13.0. The molecule has 0 aliphatic rings. The smallest absolute Gasteiger partial charge is 0.308 e. The van der Waals surface area contributed by atoms with Gasteiger partial charge in [-0.25, -0.2) is 4.39 Å². The molecule has 8 heteroatoms. The highest BCUT2D eigenvalue weighted by Crippen LogP contribution is 2.22. The molecule has 0 aliphatic heterocycles. The predicted octanol–water partition coefficient (Wildman–Crippen LogP) is 3.41. The molecule has 1 aromatic rings. The molecule has 21 heavy (non-hydrogen) atoms. The Morgan fingerprint density at radius 2 is 2.14 bits per heavy atom. The van der Waals surface area contributed by atoms with Crippen LogP contribution in [-0.4, -0.2) is 22.7 Å². The standard InChI is InChI=1S/C13H15BrF2N2O3/c1-8(7-14)3-2-4-17-13(19)10-5-9(15)6-11(12(10)16)18(20)21/h5-6,8H,2-4,7H2,1H3,(H,17,19). The van der Waals surface area contributed by atoms with Crippen LogP contribution < -0.4 is 5.32 Å². The quantitative estimate of drug-likeness (QED) is 0.348. The molecule has 1 unspecified atom stereocenters. The van der Waals surface area contributed by atoms with E-state index in [1.54, 1.807) is 0 Å². The Bertz CT molecular complexity index is 540. The van der Waals surface area contributed by atoms with Crippen molar-refractivity contribution in [3.8, 4) is 0 Å². The number of nitro groups is 1. The summed E-state index contributed by atoms with van der Waals surface area (Å²) < 4.78 is 27.0. The van der Waals surface area contributed by atoms with Gasteiger partial charge in [-0.2, -0.15) is 4.39 Å². The van der Waals surface area contributed by atoms with Crippen LogP contribution in [0, 0.1) is 27.7 Å². The monoisotopic (exact) mass is 364 g/mol. The highest BCUT2D eigenvalue weighted by Gasteiger charge is 2.23. The fourth-order valence-corrected chi connectivity index (χ4v) is 2.02. The van der Waals surface area contributed by atoms with E-state index in [9.17, 15) is 23.7 Å². The van der Waals surface area contributed by atoms with Gasteiger partial charge in [0.2, 0.25) is 5.82 Å². The van der Waals surface area contributed by atoms with Gasteiger partial charge in [0.15, 0.2) is 0 Å². The number of hydrogen-bond donors (Lipinski definition) is 1. The Hall–Kier alpha value is -1.57. The van der Waals surface area contributed by atoms with Gasteiger partial charge < -0.3 is 5.32 Å². The van der Waals surface area contributed by atoms with Gasteiger partial charge in [0.05, 0.1) is 16.6 Å². The summed E-state index contributed by atoms with van der Waals surface area (Å²) in [4.78, 5) is 21.3. The molecule has 0 spiro atoms. The number of alkyl halides is 1. The summed E-state index contributed by atoms with van der Waals surface area (Å²) in [5.74, 6) is -2.77. The molecule has 1 amide bonds. The van der Waals surface area contributed by atoms with Crippen molar-refractivity contribution in [1.29, 1.82) is 0 Å². The van der Waals surface area contributed by atoms with Crippen molar-refractivity contribution in [3.63, 3.8) is 0 Å². The number of nitrogens with one attached hydrogen (secondary N) is 1. The Kier molecular flexibility index (Phi) is 6.67. The van der Waals surface area contributed by atoms with E-state index in [1.807, 2.05) is 6.92 Å². The Morgan fingerprint density at radius 1 is 1.48 bits per heavy atom. The van der Waals surface area contributed by atoms with Crippen LogP contribution >= 0.6 is 15.9 Å². The molecule has 1 aromatic carbocycles. The maximum Gasteiger partial charge on any atom is 0.308 e. The van der Waals surface area contributed by atoms with Crippen molar-refractivity contribution >= 4 is 27.5 Å². The number of rotatable bonds is 7. The maximum atomic E-state index is 13.8.